The molecule has 0 amide bonds. The summed E-state index contributed by atoms with van der Waals surface area (Å²) in [5.74, 6) is 0.839. The van der Waals surface area contributed by atoms with Crippen molar-refractivity contribution in [2.75, 3.05) is 32.8 Å². The van der Waals surface area contributed by atoms with Crippen molar-refractivity contribution in [3.05, 3.63) is 29.8 Å². The number of hydrogen-bond donors (Lipinski definition) is 2. The highest BCUT2D eigenvalue weighted by molar-refractivity contribution is 5.28. The van der Waals surface area contributed by atoms with Gasteiger partial charge in [-0.2, -0.15) is 0 Å². The summed E-state index contributed by atoms with van der Waals surface area (Å²) in [5, 5.41) is 13.4. The molecule has 0 unspecified atom stereocenters. The Kier molecular flexibility index (Phi) is 7.16. The maximum atomic E-state index is 10.0. The first-order valence-corrected chi connectivity index (χ1v) is 8.57. The van der Waals surface area contributed by atoms with Crippen molar-refractivity contribution in [3.63, 3.8) is 0 Å². The molecule has 0 radical (unpaired) electrons. The van der Waals surface area contributed by atoms with Crippen LogP contribution >= 0.6 is 0 Å². The number of benzene rings is 1. The highest BCUT2D eigenvalue weighted by Gasteiger charge is 2.22. The van der Waals surface area contributed by atoms with Gasteiger partial charge in [0.15, 0.2) is 0 Å². The number of rotatable bonds is 9. The molecule has 1 aromatic carbocycles. The Morgan fingerprint density at radius 2 is 2.27 bits per heavy atom. The molecule has 124 valence electrons. The quantitative estimate of drug-likeness (QED) is 0.733. The van der Waals surface area contributed by atoms with Crippen molar-refractivity contribution in [2.45, 2.75) is 45.3 Å². The monoisotopic (exact) mass is 306 g/mol. The molecule has 1 saturated heterocycles. The number of ether oxygens (including phenoxy) is 1. The fraction of sp³-hybridized carbons (Fsp3) is 0.667. The molecular weight excluding hydrogens is 276 g/mol. The van der Waals surface area contributed by atoms with Crippen LogP contribution < -0.4 is 10.1 Å². The Labute approximate surface area is 134 Å². The number of nitrogens with one attached hydrogen (secondary N) is 1. The summed E-state index contributed by atoms with van der Waals surface area (Å²) in [6, 6.07) is 8.69. The van der Waals surface area contributed by atoms with Crippen LogP contribution in [0.5, 0.6) is 5.75 Å². The lowest BCUT2D eigenvalue weighted by Crippen LogP contribution is -2.41. The third-order valence-electron chi connectivity index (χ3n) is 4.41. The Balaban J connectivity index is 1.64. The van der Waals surface area contributed by atoms with Crippen LogP contribution in [-0.4, -0.2) is 54.9 Å². The van der Waals surface area contributed by atoms with Crippen LogP contribution in [-0.2, 0) is 6.42 Å². The van der Waals surface area contributed by atoms with Gasteiger partial charge in [-0.3, -0.25) is 4.90 Å². The molecule has 0 spiro atoms. The SMILES string of the molecule is CCc1cccc(OC[C@H](O)CNC[C@@H]2CCCN2CC)c1. The minimum Gasteiger partial charge on any atom is -0.491 e. The van der Waals surface area contributed by atoms with E-state index in [1.165, 1.54) is 24.9 Å². The number of aliphatic hydroxyl groups excluding tert-OH is 1. The van der Waals surface area contributed by atoms with Crippen molar-refractivity contribution in [3.8, 4) is 5.75 Å². The smallest absolute Gasteiger partial charge is 0.119 e. The standard InChI is InChI=1S/C18H30N2O2/c1-3-15-7-5-9-18(11-15)22-14-17(21)13-19-12-16-8-6-10-20(16)4-2/h5,7,9,11,16-17,19,21H,3-4,6,8,10,12-14H2,1-2H3/t16-,17+/m0/s1. The summed E-state index contributed by atoms with van der Waals surface area (Å²) in [4.78, 5) is 2.51. The topological polar surface area (TPSA) is 44.7 Å². The molecule has 2 rings (SSSR count). The van der Waals surface area contributed by atoms with E-state index in [9.17, 15) is 5.11 Å². The Morgan fingerprint density at radius 1 is 1.41 bits per heavy atom. The molecule has 0 aliphatic carbocycles. The van der Waals surface area contributed by atoms with Crippen LogP contribution in [0.4, 0.5) is 0 Å². The van der Waals surface area contributed by atoms with E-state index < -0.39 is 6.10 Å². The number of aliphatic hydroxyl groups is 1. The summed E-state index contributed by atoms with van der Waals surface area (Å²) >= 11 is 0. The predicted molar refractivity (Wildman–Crippen MR) is 90.5 cm³/mol. The lowest BCUT2D eigenvalue weighted by atomic mass is 10.2. The predicted octanol–water partition coefficient (Wildman–Crippen LogP) is 2.06. The van der Waals surface area contributed by atoms with Crippen LogP contribution in [0.1, 0.15) is 32.3 Å². The second-order valence-electron chi connectivity index (χ2n) is 6.05. The largest absolute Gasteiger partial charge is 0.491 e. The van der Waals surface area contributed by atoms with Crippen molar-refractivity contribution < 1.29 is 9.84 Å². The molecule has 0 aromatic heterocycles. The summed E-state index contributed by atoms with van der Waals surface area (Å²) < 4.78 is 5.67. The zero-order chi connectivity index (χ0) is 15.8. The summed E-state index contributed by atoms with van der Waals surface area (Å²) in [6.07, 6.45) is 3.08. The van der Waals surface area contributed by atoms with Crippen molar-refractivity contribution in [1.29, 1.82) is 0 Å². The van der Waals surface area contributed by atoms with Gasteiger partial charge < -0.3 is 15.2 Å². The number of hydrogen-bond acceptors (Lipinski definition) is 4. The maximum Gasteiger partial charge on any atom is 0.119 e. The second kappa shape index (κ2) is 9.13. The van der Waals surface area contributed by atoms with Crippen LogP contribution in [0.3, 0.4) is 0 Å². The third-order valence-corrected chi connectivity index (χ3v) is 4.41. The van der Waals surface area contributed by atoms with Gasteiger partial charge in [0.1, 0.15) is 18.5 Å². The average molecular weight is 306 g/mol. The fourth-order valence-corrected chi connectivity index (χ4v) is 3.07. The van der Waals surface area contributed by atoms with E-state index >= 15 is 0 Å². The Morgan fingerprint density at radius 3 is 3.05 bits per heavy atom. The molecule has 22 heavy (non-hydrogen) atoms. The van der Waals surface area contributed by atoms with Gasteiger partial charge in [-0.25, -0.2) is 0 Å². The zero-order valence-corrected chi connectivity index (χ0v) is 13.9. The number of aryl methyl sites for hydroxylation is 1. The van der Waals surface area contributed by atoms with Crippen LogP contribution in [0.25, 0.3) is 0 Å². The lowest BCUT2D eigenvalue weighted by Gasteiger charge is -2.23. The molecular formula is C18H30N2O2. The van der Waals surface area contributed by atoms with Crippen molar-refractivity contribution >= 4 is 0 Å². The number of likely N-dealkylation sites (tertiary alicyclic amines) is 1. The molecule has 4 heteroatoms. The summed E-state index contributed by atoms with van der Waals surface area (Å²) in [6.45, 7) is 8.54. The molecule has 1 fully saturated rings. The van der Waals surface area contributed by atoms with Gasteiger partial charge in [0.25, 0.3) is 0 Å². The van der Waals surface area contributed by atoms with Gasteiger partial charge in [-0.15, -0.1) is 0 Å². The van der Waals surface area contributed by atoms with E-state index in [-0.39, 0.29) is 0 Å². The van der Waals surface area contributed by atoms with Gasteiger partial charge in [-0.1, -0.05) is 26.0 Å². The van der Waals surface area contributed by atoms with Gasteiger partial charge in [0, 0.05) is 19.1 Å². The molecule has 1 aliphatic rings. The zero-order valence-electron chi connectivity index (χ0n) is 13.9. The molecule has 0 bridgehead atoms. The summed E-state index contributed by atoms with van der Waals surface area (Å²) in [5.41, 5.74) is 1.26. The Hall–Kier alpha value is -1.10. The lowest BCUT2D eigenvalue weighted by molar-refractivity contribution is 0.104. The molecule has 2 atom stereocenters. The van der Waals surface area contributed by atoms with Gasteiger partial charge in [0.2, 0.25) is 0 Å². The first-order valence-electron chi connectivity index (χ1n) is 8.57. The van der Waals surface area contributed by atoms with E-state index in [0.717, 1.165) is 25.3 Å². The second-order valence-corrected chi connectivity index (χ2v) is 6.05. The Bertz CT molecular complexity index is 439. The van der Waals surface area contributed by atoms with Crippen molar-refractivity contribution in [1.82, 2.24) is 10.2 Å². The highest BCUT2D eigenvalue weighted by Crippen LogP contribution is 2.16. The number of nitrogens with zero attached hydrogens (tertiary/aromatic N) is 1. The van der Waals surface area contributed by atoms with Crippen LogP contribution in [0, 0.1) is 0 Å². The minimum atomic E-state index is -0.471. The van der Waals surface area contributed by atoms with E-state index in [2.05, 4.69) is 30.1 Å². The van der Waals surface area contributed by atoms with E-state index in [0.29, 0.717) is 19.2 Å². The molecule has 0 saturated carbocycles. The molecule has 2 N–H and O–H groups in total. The van der Waals surface area contributed by atoms with Gasteiger partial charge >= 0.3 is 0 Å². The van der Waals surface area contributed by atoms with E-state index in [1.54, 1.807) is 0 Å². The van der Waals surface area contributed by atoms with E-state index in [4.69, 9.17) is 4.74 Å². The summed E-state index contributed by atoms with van der Waals surface area (Å²) in [7, 11) is 0. The van der Waals surface area contributed by atoms with Gasteiger partial charge in [0.05, 0.1) is 0 Å². The minimum absolute atomic E-state index is 0.336. The maximum absolute atomic E-state index is 10.0. The first kappa shape index (κ1) is 17.3. The van der Waals surface area contributed by atoms with Gasteiger partial charge in [-0.05, 0) is 50.0 Å². The van der Waals surface area contributed by atoms with Crippen LogP contribution in [0.2, 0.25) is 0 Å². The third kappa shape index (κ3) is 5.27. The molecule has 4 nitrogen and oxygen atoms in total. The van der Waals surface area contributed by atoms with E-state index in [1.807, 2.05) is 18.2 Å². The first-order chi connectivity index (χ1) is 10.7. The number of likely N-dealkylation sites (N-methyl/N-ethyl adjacent to an activating group) is 1. The normalized spacial score (nSPS) is 20.2. The molecule has 1 heterocycles. The average Bonchev–Trinajstić information content (AvgIpc) is 3.00. The van der Waals surface area contributed by atoms with Crippen LogP contribution in [0.15, 0.2) is 24.3 Å². The van der Waals surface area contributed by atoms with Crippen molar-refractivity contribution in [2.24, 2.45) is 0 Å². The fourth-order valence-electron chi connectivity index (χ4n) is 3.07. The molecule has 1 aliphatic heterocycles. The molecule has 1 aromatic rings. The highest BCUT2D eigenvalue weighted by atomic mass is 16.5.